The molecule has 3 aromatic rings. The highest BCUT2D eigenvalue weighted by Gasteiger charge is 2.19. The van der Waals surface area contributed by atoms with Gasteiger partial charge in [-0.25, -0.2) is 0 Å². The van der Waals surface area contributed by atoms with Crippen molar-refractivity contribution < 1.29 is 4.74 Å². The Bertz CT molecular complexity index is 792. The number of ether oxygens (including phenoxy) is 1. The predicted octanol–water partition coefficient (Wildman–Crippen LogP) is 5.16. The van der Waals surface area contributed by atoms with Crippen molar-refractivity contribution in [3.8, 4) is 16.9 Å². The summed E-state index contributed by atoms with van der Waals surface area (Å²) in [4.78, 5) is 0. The minimum absolute atomic E-state index is 0.635. The smallest absolute Gasteiger partial charge is 0.135 e. The Kier molecular flexibility index (Phi) is 2.39. The zero-order valence-electron chi connectivity index (χ0n) is 10.2. The van der Waals surface area contributed by atoms with E-state index in [-0.39, 0.29) is 0 Å². The first-order valence-electron chi connectivity index (χ1n) is 6.26. The van der Waals surface area contributed by atoms with Crippen molar-refractivity contribution in [2.75, 3.05) is 0 Å². The summed E-state index contributed by atoms with van der Waals surface area (Å²) in [5, 5.41) is 2.41. The normalized spacial score (nSPS) is 12.7. The van der Waals surface area contributed by atoms with Crippen LogP contribution in [-0.2, 0) is 6.61 Å². The topological polar surface area (TPSA) is 9.23 Å². The third-order valence-electron chi connectivity index (χ3n) is 3.61. The molecule has 1 aliphatic rings. The number of halogens is 1. The Morgan fingerprint density at radius 1 is 0.895 bits per heavy atom. The number of fused-ring (bicyclic) bond motifs is 5. The van der Waals surface area contributed by atoms with Gasteiger partial charge in [0.15, 0.2) is 0 Å². The molecular weight excluding hydrogens is 300 g/mol. The summed E-state index contributed by atoms with van der Waals surface area (Å²) in [5.74, 6) is 1.01. The third-order valence-corrected chi connectivity index (χ3v) is 4.10. The molecule has 0 bridgehead atoms. The molecule has 0 saturated heterocycles. The van der Waals surface area contributed by atoms with E-state index in [1.54, 1.807) is 0 Å². The quantitative estimate of drug-likeness (QED) is 0.557. The van der Waals surface area contributed by atoms with Crippen molar-refractivity contribution in [1.82, 2.24) is 0 Å². The molecule has 0 aliphatic carbocycles. The fraction of sp³-hybridized carbons (Fsp3) is 0.0588. The van der Waals surface area contributed by atoms with Gasteiger partial charge in [0.1, 0.15) is 12.4 Å². The Morgan fingerprint density at radius 2 is 1.74 bits per heavy atom. The first kappa shape index (κ1) is 11.1. The van der Waals surface area contributed by atoms with Crippen LogP contribution in [0.2, 0.25) is 0 Å². The van der Waals surface area contributed by atoms with Crippen LogP contribution in [0.15, 0.2) is 59.1 Å². The van der Waals surface area contributed by atoms with E-state index >= 15 is 0 Å². The first-order valence-corrected chi connectivity index (χ1v) is 7.05. The molecule has 0 unspecified atom stereocenters. The molecule has 1 aliphatic heterocycles. The van der Waals surface area contributed by atoms with Gasteiger partial charge in [-0.1, -0.05) is 58.4 Å². The average molecular weight is 311 g/mol. The van der Waals surface area contributed by atoms with Crippen molar-refractivity contribution in [1.29, 1.82) is 0 Å². The monoisotopic (exact) mass is 310 g/mol. The number of hydrogen-bond acceptors (Lipinski definition) is 1. The van der Waals surface area contributed by atoms with Gasteiger partial charge in [-0.05, 0) is 28.6 Å². The van der Waals surface area contributed by atoms with Crippen LogP contribution in [0.25, 0.3) is 21.9 Å². The fourth-order valence-corrected chi connectivity index (χ4v) is 3.11. The summed E-state index contributed by atoms with van der Waals surface area (Å²) in [5.41, 5.74) is 3.69. The van der Waals surface area contributed by atoms with Crippen LogP contribution in [-0.4, -0.2) is 0 Å². The van der Waals surface area contributed by atoms with Crippen LogP contribution in [0, 0.1) is 0 Å². The number of hydrogen-bond donors (Lipinski definition) is 0. The molecule has 0 atom stereocenters. The van der Waals surface area contributed by atoms with Crippen LogP contribution in [0.3, 0.4) is 0 Å². The zero-order valence-corrected chi connectivity index (χ0v) is 11.8. The maximum atomic E-state index is 6.00. The van der Waals surface area contributed by atoms with Crippen LogP contribution >= 0.6 is 15.9 Å². The molecule has 0 amide bonds. The molecule has 1 nitrogen and oxygen atoms in total. The highest BCUT2D eigenvalue weighted by molar-refractivity contribution is 9.10. The SMILES string of the molecule is Brc1ccc2c(c1)COc1c-2ccc2ccccc12. The van der Waals surface area contributed by atoms with E-state index in [1.165, 1.54) is 27.5 Å². The van der Waals surface area contributed by atoms with E-state index in [1.807, 2.05) is 0 Å². The minimum atomic E-state index is 0.635. The van der Waals surface area contributed by atoms with Gasteiger partial charge in [0.05, 0.1) is 0 Å². The highest BCUT2D eigenvalue weighted by atomic mass is 79.9. The standard InChI is InChI=1S/C17H11BrO/c18-13-6-8-14-12(9-13)10-19-17-15-4-2-1-3-11(15)5-7-16(14)17/h1-9H,10H2. The molecule has 3 aromatic carbocycles. The lowest BCUT2D eigenvalue weighted by Gasteiger charge is -2.22. The van der Waals surface area contributed by atoms with Gasteiger partial charge in [-0.3, -0.25) is 0 Å². The van der Waals surface area contributed by atoms with Crippen LogP contribution in [0.5, 0.6) is 5.75 Å². The molecule has 0 radical (unpaired) electrons. The predicted molar refractivity (Wildman–Crippen MR) is 81.4 cm³/mol. The van der Waals surface area contributed by atoms with Gasteiger partial charge in [-0.2, -0.15) is 0 Å². The van der Waals surface area contributed by atoms with Gasteiger partial charge < -0.3 is 4.74 Å². The molecule has 92 valence electrons. The van der Waals surface area contributed by atoms with Crippen molar-refractivity contribution in [3.05, 3.63) is 64.6 Å². The van der Waals surface area contributed by atoms with Crippen molar-refractivity contribution in [2.24, 2.45) is 0 Å². The molecule has 0 N–H and O–H groups in total. The summed E-state index contributed by atoms with van der Waals surface area (Å²) in [7, 11) is 0. The van der Waals surface area contributed by atoms with E-state index in [9.17, 15) is 0 Å². The van der Waals surface area contributed by atoms with Crippen LogP contribution in [0.1, 0.15) is 5.56 Å². The lowest BCUT2D eigenvalue weighted by molar-refractivity contribution is 0.306. The second-order valence-corrected chi connectivity index (χ2v) is 5.67. The molecule has 2 heteroatoms. The Labute approximate surface area is 120 Å². The summed E-state index contributed by atoms with van der Waals surface area (Å²) in [6, 6.07) is 19.1. The Hall–Kier alpha value is -1.80. The van der Waals surface area contributed by atoms with Gasteiger partial charge >= 0.3 is 0 Å². The van der Waals surface area contributed by atoms with Crippen LogP contribution in [0.4, 0.5) is 0 Å². The summed E-state index contributed by atoms with van der Waals surface area (Å²) < 4.78 is 7.09. The number of benzene rings is 3. The van der Waals surface area contributed by atoms with Crippen molar-refractivity contribution in [3.63, 3.8) is 0 Å². The molecule has 1 heterocycles. The van der Waals surface area contributed by atoms with Gasteiger partial charge in [0.25, 0.3) is 0 Å². The second-order valence-electron chi connectivity index (χ2n) is 4.75. The fourth-order valence-electron chi connectivity index (χ4n) is 2.70. The maximum Gasteiger partial charge on any atom is 0.135 e. The molecule has 19 heavy (non-hydrogen) atoms. The summed E-state index contributed by atoms with van der Waals surface area (Å²) in [6.07, 6.45) is 0. The molecule has 0 fully saturated rings. The van der Waals surface area contributed by atoms with Crippen LogP contribution < -0.4 is 4.74 Å². The average Bonchev–Trinajstić information content (AvgIpc) is 2.46. The van der Waals surface area contributed by atoms with E-state index in [0.29, 0.717) is 6.61 Å². The van der Waals surface area contributed by atoms with Gasteiger partial charge in [0.2, 0.25) is 0 Å². The third kappa shape index (κ3) is 1.67. The molecule has 0 saturated carbocycles. The lowest BCUT2D eigenvalue weighted by Crippen LogP contribution is -2.05. The highest BCUT2D eigenvalue weighted by Crippen LogP contribution is 2.42. The van der Waals surface area contributed by atoms with Crippen molar-refractivity contribution in [2.45, 2.75) is 6.61 Å². The van der Waals surface area contributed by atoms with E-state index in [0.717, 1.165) is 10.2 Å². The largest absolute Gasteiger partial charge is 0.488 e. The summed E-state index contributed by atoms with van der Waals surface area (Å²) in [6.45, 7) is 0.635. The minimum Gasteiger partial charge on any atom is -0.488 e. The number of rotatable bonds is 0. The second kappa shape index (κ2) is 4.10. The van der Waals surface area contributed by atoms with Gasteiger partial charge in [-0.15, -0.1) is 0 Å². The van der Waals surface area contributed by atoms with Gasteiger partial charge in [0, 0.05) is 15.4 Å². The van der Waals surface area contributed by atoms with E-state index in [4.69, 9.17) is 4.74 Å². The van der Waals surface area contributed by atoms with E-state index < -0.39 is 0 Å². The maximum absolute atomic E-state index is 6.00. The first-order chi connectivity index (χ1) is 9.33. The van der Waals surface area contributed by atoms with Crippen molar-refractivity contribution >= 4 is 26.7 Å². The molecular formula is C17H11BrO. The molecule has 0 aromatic heterocycles. The Balaban J connectivity index is 2.05. The molecule has 4 rings (SSSR count). The lowest BCUT2D eigenvalue weighted by atomic mass is 9.94. The molecule has 0 spiro atoms. The zero-order chi connectivity index (χ0) is 12.8. The van der Waals surface area contributed by atoms with E-state index in [2.05, 4.69) is 70.5 Å². The summed E-state index contributed by atoms with van der Waals surface area (Å²) >= 11 is 3.51. The Morgan fingerprint density at radius 3 is 2.68 bits per heavy atom.